The van der Waals surface area contributed by atoms with Gasteiger partial charge in [0.15, 0.2) is 11.5 Å². The molecule has 0 atom stereocenters. The number of nitrogens with two attached hydrogens (primary N) is 1. The lowest BCUT2D eigenvalue weighted by Crippen LogP contribution is -2.30. The molecule has 16 heavy (non-hydrogen) atoms. The number of rotatable bonds is 3. The van der Waals surface area contributed by atoms with Gasteiger partial charge in [-0.2, -0.15) is 5.10 Å². The van der Waals surface area contributed by atoms with Crippen molar-refractivity contribution >= 4 is 5.91 Å². The number of nitrogens with zero attached hydrogens (tertiary/aromatic N) is 3. The van der Waals surface area contributed by atoms with Gasteiger partial charge in [0.1, 0.15) is 6.54 Å². The van der Waals surface area contributed by atoms with E-state index in [2.05, 4.69) is 10.3 Å². The largest absolute Gasteiger partial charge is 0.359 e. The number of hydrazine groups is 1. The van der Waals surface area contributed by atoms with E-state index < -0.39 is 5.91 Å². The third-order valence-electron chi connectivity index (χ3n) is 2.16. The number of nitrogens with one attached hydrogen (secondary N) is 1. The fourth-order valence-corrected chi connectivity index (χ4v) is 1.28. The number of amides is 1. The smallest absolute Gasteiger partial charge is 0.287 e. The first-order valence-corrected chi connectivity index (χ1v) is 4.65. The van der Waals surface area contributed by atoms with Crippen molar-refractivity contribution < 1.29 is 9.32 Å². The number of aryl methyl sites for hydroxylation is 1. The lowest BCUT2D eigenvalue weighted by Gasteiger charge is -1.98. The first-order valence-electron chi connectivity index (χ1n) is 4.65. The van der Waals surface area contributed by atoms with Crippen LogP contribution in [0.2, 0.25) is 0 Å². The predicted molar refractivity (Wildman–Crippen MR) is 54.2 cm³/mol. The van der Waals surface area contributed by atoms with Gasteiger partial charge in [0.2, 0.25) is 0 Å². The topological polar surface area (TPSA) is 99.0 Å². The van der Waals surface area contributed by atoms with Crippen molar-refractivity contribution in [1.82, 2.24) is 20.4 Å². The molecule has 84 valence electrons. The second-order valence-electron chi connectivity index (χ2n) is 3.28. The van der Waals surface area contributed by atoms with Crippen LogP contribution in [0.5, 0.6) is 0 Å². The minimum Gasteiger partial charge on any atom is -0.359 e. The zero-order valence-corrected chi connectivity index (χ0v) is 8.67. The Morgan fingerprint density at radius 3 is 3.12 bits per heavy atom. The van der Waals surface area contributed by atoms with Crippen molar-refractivity contribution in [1.29, 1.82) is 0 Å². The van der Waals surface area contributed by atoms with E-state index in [1.54, 1.807) is 10.9 Å². The molecule has 2 aromatic heterocycles. The summed E-state index contributed by atoms with van der Waals surface area (Å²) in [6.07, 6.45) is 1.69. The van der Waals surface area contributed by atoms with E-state index in [1.165, 1.54) is 6.07 Å². The third kappa shape index (κ3) is 1.94. The number of carbonyl (C=O) groups is 1. The van der Waals surface area contributed by atoms with Crippen LogP contribution in [-0.2, 0) is 6.54 Å². The molecular weight excluding hydrogens is 210 g/mol. The lowest BCUT2D eigenvalue weighted by atomic mass is 10.3. The van der Waals surface area contributed by atoms with E-state index in [9.17, 15) is 4.79 Å². The molecule has 0 aliphatic carbocycles. The number of hydrogen-bond acceptors (Lipinski definition) is 5. The highest BCUT2D eigenvalue weighted by Gasteiger charge is 2.11. The van der Waals surface area contributed by atoms with Crippen molar-refractivity contribution in [3.05, 3.63) is 35.5 Å². The predicted octanol–water partition coefficient (Wildman–Crippen LogP) is -0.169. The Kier molecular flexibility index (Phi) is 2.69. The Labute approximate surface area is 91.2 Å². The van der Waals surface area contributed by atoms with Crippen LogP contribution < -0.4 is 11.3 Å². The maximum Gasteiger partial charge on any atom is 0.287 e. The standard InChI is InChI=1S/C9H11N5O2/c1-6-2-3-11-14(6)5-7-4-8(13-16-7)9(15)12-10/h2-4H,5,10H2,1H3,(H,12,15). The van der Waals surface area contributed by atoms with Crippen LogP contribution in [0.4, 0.5) is 0 Å². The van der Waals surface area contributed by atoms with E-state index in [-0.39, 0.29) is 5.69 Å². The first-order chi connectivity index (χ1) is 7.70. The molecule has 0 saturated carbocycles. The van der Waals surface area contributed by atoms with E-state index in [0.29, 0.717) is 12.3 Å². The van der Waals surface area contributed by atoms with Crippen LogP contribution in [0.1, 0.15) is 21.9 Å². The summed E-state index contributed by atoms with van der Waals surface area (Å²) >= 11 is 0. The molecule has 0 aromatic carbocycles. The van der Waals surface area contributed by atoms with E-state index in [1.807, 2.05) is 18.4 Å². The maximum absolute atomic E-state index is 11.1. The molecule has 0 saturated heterocycles. The fourth-order valence-electron chi connectivity index (χ4n) is 1.28. The highest BCUT2D eigenvalue weighted by molar-refractivity contribution is 5.91. The fraction of sp³-hybridized carbons (Fsp3) is 0.222. The van der Waals surface area contributed by atoms with Gasteiger partial charge in [-0.25, -0.2) is 5.84 Å². The second kappa shape index (κ2) is 4.15. The molecule has 0 aliphatic heterocycles. The number of aromatic nitrogens is 3. The number of hydrogen-bond donors (Lipinski definition) is 2. The SMILES string of the molecule is Cc1ccnn1Cc1cc(C(=O)NN)no1. The Morgan fingerprint density at radius 2 is 2.50 bits per heavy atom. The van der Waals surface area contributed by atoms with Crippen LogP contribution in [0, 0.1) is 6.92 Å². The molecule has 1 amide bonds. The zero-order valence-electron chi connectivity index (χ0n) is 8.67. The van der Waals surface area contributed by atoms with Gasteiger partial charge in [0, 0.05) is 18.0 Å². The van der Waals surface area contributed by atoms with Crippen molar-refractivity contribution in [2.24, 2.45) is 5.84 Å². The third-order valence-corrected chi connectivity index (χ3v) is 2.16. The van der Waals surface area contributed by atoms with Crippen LogP contribution in [0.25, 0.3) is 0 Å². The lowest BCUT2D eigenvalue weighted by molar-refractivity contribution is 0.0944. The van der Waals surface area contributed by atoms with Crippen LogP contribution in [-0.4, -0.2) is 20.8 Å². The molecule has 0 fully saturated rings. The molecule has 2 aromatic rings. The summed E-state index contributed by atoms with van der Waals surface area (Å²) in [5.74, 6) is 5.04. The summed E-state index contributed by atoms with van der Waals surface area (Å²) in [4.78, 5) is 11.1. The van der Waals surface area contributed by atoms with Gasteiger partial charge in [0.05, 0.1) is 0 Å². The minimum absolute atomic E-state index is 0.155. The number of carbonyl (C=O) groups excluding carboxylic acids is 1. The molecule has 2 heterocycles. The molecular formula is C9H11N5O2. The van der Waals surface area contributed by atoms with Crippen LogP contribution in [0.3, 0.4) is 0 Å². The summed E-state index contributed by atoms with van der Waals surface area (Å²) < 4.78 is 6.73. The normalized spacial score (nSPS) is 10.4. The Hall–Kier alpha value is -2.15. The molecule has 0 aliphatic rings. The van der Waals surface area contributed by atoms with Gasteiger partial charge in [-0.15, -0.1) is 0 Å². The van der Waals surface area contributed by atoms with Gasteiger partial charge in [0.25, 0.3) is 5.91 Å². The van der Waals surface area contributed by atoms with E-state index >= 15 is 0 Å². The Balaban J connectivity index is 2.14. The molecule has 0 spiro atoms. The average molecular weight is 221 g/mol. The van der Waals surface area contributed by atoms with Crippen molar-refractivity contribution in [2.45, 2.75) is 13.5 Å². The molecule has 3 N–H and O–H groups in total. The molecule has 0 bridgehead atoms. The van der Waals surface area contributed by atoms with Crippen LogP contribution in [0.15, 0.2) is 22.9 Å². The Morgan fingerprint density at radius 1 is 1.69 bits per heavy atom. The minimum atomic E-state index is -0.479. The second-order valence-corrected chi connectivity index (χ2v) is 3.28. The summed E-state index contributed by atoms with van der Waals surface area (Å²) in [5, 5.41) is 7.68. The molecule has 2 rings (SSSR count). The maximum atomic E-state index is 11.1. The van der Waals surface area contributed by atoms with E-state index in [0.717, 1.165) is 5.69 Å². The average Bonchev–Trinajstić information content (AvgIpc) is 2.89. The first kappa shape index (κ1) is 10.4. The van der Waals surface area contributed by atoms with Gasteiger partial charge in [-0.3, -0.25) is 14.9 Å². The number of nitrogen functional groups attached to an aromatic ring is 1. The Bertz CT molecular complexity index is 501. The quantitative estimate of drug-likeness (QED) is 0.426. The summed E-state index contributed by atoms with van der Waals surface area (Å²) in [6.45, 7) is 2.36. The zero-order chi connectivity index (χ0) is 11.5. The molecule has 7 heteroatoms. The van der Waals surface area contributed by atoms with Crippen LogP contribution >= 0.6 is 0 Å². The molecule has 0 radical (unpaired) electrons. The molecule has 7 nitrogen and oxygen atoms in total. The van der Waals surface area contributed by atoms with Crippen molar-refractivity contribution in [3.8, 4) is 0 Å². The van der Waals surface area contributed by atoms with Crippen molar-refractivity contribution in [2.75, 3.05) is 0 Å². The van der Waals surface area contributed by atoms with Gasteiger partial charge < -0.3 is 4.52 Å². The summed E-state index contributed by atoms with van der Waals surface area (Å²) in [7, 11) is 0. The summed E-state index contributed by atoms with van der Waals surface area (Å²) in [5.41, 5.74) is 3.14. The highest BCUT2D eigenvalue weighted by atomic mass is 16.5. The van der Waals surface area contributed by atoms with Gasteiger partial charge in [-0.05, 0) is 13.0 Å². The van der Waals surface area contributed by atoms with Crippen molar-refractivity contribution in [3.63, 3.8) is 0 Å². The highest BCUT2D eigenvalue weighted by Crippen LogP contribution is 2.07. The monoisotopic (exact) mass is 221 g/mol. The van der Waals surface area contributed by atoms with Gasteiger partial charge in [-0.1, -0.05) is 5.16 Å². The van der Waals surface area contributed by atoms with E-state index in [4.69, 9.17) is 10.4 Å². The summed E-state index contributed by atoms with van der Waals surface area (Å²) in [6, 6.07) is 3.41. The van der Waals surface area contributed by atoms with Gasteiger partial charge >= 0.3 is 0 Å². The molecule has 0 unspecified atom stereocenters.